The molecule has 1 heterocycles. The summed E-state index contributed by atoms with van der Waals surface area (Å²) in [5, 5.41) is 6.21. The van der Waals surface area contributed by atoms with Gasteiger partial charge in [0.05, 0.1) is 12.0 Å². The van der Waals surface area contributed by atoms with Gasteiger partial charge in [-0.05, 0) is 27.7 Å². The number of aromatic nitrogens is 2. The topological polar surface area (TPSA) is 59.0 Å². The van der Waals surface area contributed by atoms with Gasteiger partial charge in [-0.1, -0.05) is 0 Å². The summed E-state index contributed by atoms with van der Waals surface area (Å²) in [5.74, 6) is 0.0842. The number of amides is 1. The van der Waals surface area contributed by atoms with Gasteiger partial charge in [-0.2, -0.15) is 0 Å². The van der Waals surface area contributed by atoms with Gasteiger partial charge < -0.3 is 15.2 Å². The van der Waals surface area contributed by atoms with E-state index in [2.05, 4.69) is 36.4 Å². The van der Waals surface area contributed by atoms with Crippen LogP contribution in [0.1, 0.15) is 39.8 Å². The van der Waals surface area contributed by atoms with E-state index >= 15 is 0 Å². The summed E-state index contributed by atoms with van der Waals surface area (Å²) in [5.41, 5.74) is 1.18. The third kappa shape index (κ3) is 5.31. The van der Waals surface area contributed by atoms with E-state index in [4.69, 9.17) is 0 Å². The zero-order chi connectivity index (χ0) is 13.6. The summed E-state index contributed by atoms with van der Waals surface area (Å²) in [6.07, 6.45) is 4.11. The second-order valence-corrected chi connectivity index (χ2v) is 5.39. The molecule has 0 fully saturated rings. The monoisotopic (exact) mass is 252 g/mol. The number of hydrogen-bond donors (Lipinski definition) is 2. The summed E-state index contributed by atoms with van der Waals surface area (Å²) in [6, 6.07) is 0. The highest BCUT2D eigenvalue weighted by atomic mass is 16.1. The van der Waals surface area contributed by atoms with Crippen LogP contribution in [0.2, 0.25) is 0 Å². The molecule has 0 atom stereocenters. The van der Waals surface area contributed by atoms with E-state index in [1.165, 1.54) is 0 Å². The number of imidazole rings is 1. The van der Waals surface area contributed by atoms with Crippen LogP contribution < -0.4 is 10.6 Å². The molecule has 0 unspecified atom stereocenters. The quantitative estimate of drug-likeness (QED) is 0.802. The third-order valence-corrected chi connectivity index (χ3v) is 2.55. The highest BCUT2D eigenvalue weighted by Crippen LogP contribution is 2.05. The minimum atomic E-state index is 0.0781. The summed E-state index contributed by atoms with van der Waals surface area (Å²) in [7, 11) is 0. The van der Waals surface area contributed by atoms with E-state index in [0.29, 0.717) is 19.5 Å². The van der Waals surface area contributed by atoms with Gasteiger partial charge in [-0.15, -0.1) is 0 Å². The largest absolute Gasteiger partial charge is 0.356 e. The predicted molar refractivity (Wildman–Crippen MR) is 72.1 cm³/mol. The lowest BCUT2D eigenvalue weighted by molar-refractivity contribution is -0.121. The van der Waals surface area contributed by atoms with Crippen LogP contribution >= 0.6 is 0 Å². The number of nitrogens with zero attached hydrogens (tertiary/aromatic N) is 2. The molecule has 5 nitrogen and oxygen atoms in total. The van der Waals surface area contributed by atoms with Crippen molar-refractivity contribution in [2.75, 3.05) is 6.54 Å². The maximum Gasteiger partial charge on any atom is 0.221 e. The van der Waals surface area contributed by atoms with Gasteiger partial charge in [0.1, 0.15) is 0 Å². The molecular weight excluding hydrogens is 228 g/mol. The van der Waals surface area contributed by atoms with Crippen LogP contribution in [0.15, 0.2) is 12.5 Å². The SMILES string of the molecule is CCNC(=O)CCn1cncc1CNC(C)(C)C. The average molecular weight is 252 g/mol. The number of aryl methyl sites for hydroxylation is 1. The maximum absolute atomic E-state index is 11.4. The molecule has 1 aromatic heterocycles. The molecule has 0 aliphatic heterocycles. The molecule has 18 heavy (non-hydrogen) atoms. The number of hydrogen-bond acceptors (Lipinski definition) is 3. The molecule has 1 aromatic rings. The van der Waals surface area contributed by atoms with Crippen LogP contribution in [0.5, 0.6) is 0 Å². The van der Waals surface area contributed by atoms with Crippen molar-refractivity contribution in [3.63, 3.8) is 0 Å². The first-order valence-electron chi connectivity index (χ1n) is 6.43. The highest BCUT2D eigenvalue weighted by molar-refractivity contribution is 5.75. The van der Waals surface area contributed by atoms with Crippen molar-refractivity contribution in [1.29, 1.82) is 0 Å². The van der Waals surface area contributed by atoms with Gasteiger partial charge in [0.25, 0.3) is 0 Å². The molecule has 2 N–H and O–H groups in total. The summed E-state index contributed by atoms with van der Waals surface area (Å²) < 4.78 is 2.02. The van der Waals surface area contributed by atoms with E-state index in [1.54, 1.807) is 6.33 Å². The van der Waals surface area contributed by atoms with Gasteiger partial charge in [-0.3, -0.25) is 4.79 Å². The number of carbonyl (C=O) groups excluding carboxylic acids is 1. The van der Waals surface area contributed by atoms with Crippen LogP contribution in [0.25, 0.3) is 0 Å². The first-order valence-corrected chi connectivity index (χ1v) is 6.43. The van der Waals surface area contributed by atoms with Crippen LogP contribution in [-0.4, -0.2) is 27.5 Å². The van der Waals surface area contributed by atoms with Crippen LogP contribution in [-0.2, 0) is 17.9 Å². The minimum Gasteiger partial charge on any atom is -0.356 e. The molecule has 0 saturated heterocycles. The molecular formula is C13H24N4O. The Morgan fingerprint density at radius 1 is 1.44 bits per heavy atom. The predicted octanol–water partition coefficient (Wildman–Crippen LogP) is 1.30. The second kappa shape index (κ2) is 6.54. The normalized spacial score (nSPS) is 11.6. The highest BCUT2D eigenvalue weighted by Gasteiger charge is 2.11. The average Bonchev–Trinajstić information content (AvgIpc) is 2.70. The number of nitrogens with one attached hydrogen (secondary N) is 2. The van der Waals surface area contributed by atoms with Crippen LogP contribution in [0, 0.1) is 0 Å². The van der Waals surface area contributed by atoms with E-state index in [9.17, 15) is 4.79 Å². The van der Waals surface area contributed by atoms with E-state index < -0.39 is 0 Å². The Balaban J connectivity index is 2.47. The van der Waals surface area contributed by atoms with E-state index in [-0.39, 0.29) is 11.4 Å². The third-order valence-electron chi connectivity index (χ3n) is 2.55. The first-order chi connectivity index (χ1) is 8.42. The van der Waals surface area contributed by atoms with Crippen molar-refractivity contribution in [1.82, 2.24) is 20.2 Å². The Bertz CT molecular complexity index is 379. The summed E-state index contributed by atoms with van der Waals surface area (Å²) in [6.45, 7) is 10.4. The fraction of sp³-hybridized carbons (Fsp3) is 0.692. The molecule has 0 aliphatic rings. The summed E-state index contributed by atoms with van der Waals surface area (Å²) >= 11 is 0. The lowest BCUT2D eigenvalue weighted by Gasteiger charge is -2.20. The summed E-state index contributed by atoms with van der Waals surface area (Å²) in [4.78, 5) is 15.5. The molecule has 0 radical (unpaired) electrons. The van der Waals surface area contributed by atoms with Crippen molar-refractivity contribution in [2.45, 2.75) is 52.7 Å². The fourth-order valence-electron chi connectivity index (χ4n) is 1.56. The Labute approximate surface area is 109 Å². The van der Waals surface area contributed by atoms with Crippen molar-refractivity contribution < 1.29 is 4.79 Å². The molecule has 0 aromatic carbocycles. The Hall–Kier alpha value is -1.36. The van der Waals surface area contributed by atoms with Crippen molar-refractivity contribution in [3.05, 3.63) is 18.2 Å². The van der Waals surface area contributed by atoms with Crippen LogP contribution in [0.3, 0.4) is 0 Å². The van der Waals surface area contributed by atoms with Gasteiger partial charge in [0.15, 0.2) is 0 Å². The van der Waals surface area contributed by atoms with Gasteiger partial charge in [-0.25, -0.2) is 4.98 Å². The Morgan fingerprint density at radius 2 is 2.17 bits per heavy atom. The van der Waals surface area contributed by atoms with Gasteiger partial charge in [0, 0.05) is 37.8 Å². The van der Waals surface area contributed by atoms with Gasteiger partial charge in [0.2, 0.25) is 5.91 Å². The molecule has 1 rings (SSSR count). The number of rotatable bonds is 6. The smallest absolute Gasteiger partial charge is 0.221 e. The molecule has 0 aliphatic carbocycles. The standard InChI is InChI=1S/C13H24N4O/c1-5-15-12(18)6-7-17-10-14-8-11(17)9-16-13(2,3)4/h8,10,16H,5-7,9H2,1-4H3,(H,15,18). The van der Waals surface area contributed by atoms with Gasteiger partial charge >= 0.3 is 0 Å². The fourth-order valence-corrected chi connectivity index (χ4v) is 1.56. The molecule has 0 bridgehead atoms. The lowest BCUT2D eigenvalue weighted by atomic mass is 10.1. The Kier molecular flexibility index (Phi) is 5.34. The lowest BCUT2D eigenvalue weighted by Crippen LogP contribution is -2.35. The molecule has 5 heteroatoms. The maximum atomic E-state index is 11.4. The molecule has 0 spiro atoms. The molecule has 0 saturated carbocycles. The molecule has 1 amide bonds. The van der Waals surface area contributed by atoms with Crippen molar-refractivity contribution in [3.8, 4) is 0 Å². The second-order valence-electron chi connectivity index (χ2n) is 5.39. The van der Waals surface area contributed by atoms with Crippen molar-refractivity contribution >= 4 is 5.91 Å². The first kappa shape index (κ1) is 14.7. The Morgan fingerprint density at radius 3 is 2.78 bits per heavy atom. The van der Waals surface area contributed by atoms with E-state index in [0.717, 1.165) is 12.2 Å². The van der Waals surface area contributed by atoms with Crippen LogP contribution in [0.4, 0.5) is 0 Å². The zero-order valence-corrected chi connectivity index (χ0v) is 11.8. The van der Waals surface area contributed by atoms with E-state index in [1.807, 2.05) is 17.7 Å². The minimum absolute atomic E-state index is 0.0781. The molecule has 102 valence electrons. The zero-order valence-electron chi connectivity index (χ0n) is 11.8. The van der Waals surface area contributed by atoms with Crippen molar-refractivity contribution in [2.24, 2.45) is 0 Å². The number of carbonyl (C=O) groups is 1.